The normalized spacial score (nSPS) is 11.9. The van der Waals surface area contributed by atoms with Crippen molar-refractivity contribution in [2.75, 3.05) is 0 Å². The Morgan fingerprint density at radius 1 is 0.833 bits per heavy atom. The summed E-state index contributed by atoms with van der Waals surface area (Å²) >= 11 is 0. The molecule has 0 saturated carbocycles. The zero-order chi connectivity index (χ0) is 22.0. The van der Waals surface area contributed by atoms with Gasteiger partial charge >= 0.3 is 11.9 Å². The van der Waals surface area contributed by atoms with E-state index < -0.39 is 45.5 Å². The third-order valence-corrected chi connectivity index (χ3v) is 4.12. The Balaban J connectivity index is 2.47. The maximum Gasteiger partial charge on any atom is 0.346 e. The van der Waals surface area contributed by atoms with Crippen LogP contribution in [0.15, 0.2) is 35.7 Å². The summed E-state index contributed by atoms with van der Waals surface area (Å²) in [4.78, 5) is 30.2. The number of hydrogen-bond acceptors (Lipinski definition) is 6. The molecule has 0 aliphatic carbocycles. The fourth-order valence-corrected chi connectivity index (χ4v) is 2.83. The lowest BCUT2D eigenvalue weighted by Gasteiger charge is -2.10. The molecule has 3 aromatic rings. The smallest absolute Gasteiger partial charge is 0.346 e. The fourth-order valence-electron chi connectivity index (χ4n) is 2.83. The summed E-state index contributed by atoms with van der Waals surface area (Å²) in [7, 11) is 0. The molecule has 0 spiro atoms. The van der Waals surface area contributed by atoms with Crippen molar-refractivity contribution >= 4 is 45.9 Å². The molecular weight excluding hydrogens is 398 g/mol. The maximum absolute atomic E-state index is 15.0. The molecule has 8 nitrogen and oxygen atoms in total. The molecule has 0 fully saturated rings. The number of rotatable bonds is 4. The van der Waals surface area contributed by atoms with E-state index in [0.717, 1.165) is 12.2 Å². The third kappa shape index (κ3) is 3.30. The van der Waals surface area contributed by atoms with E-state index in [1.807, 2.05) is 0 Å². The van der Waals surface area contributed by atoms with Crippen LogP contribution in [0.4, 0.5) is 8.78 Å². The SMILES string of the molecule is N#CC(=Cc1ccnc2c1c(F)c(F)c1c(C=C(C#N)C(=O)O)ccnc12)C(=O)O. The first-order valence-electron chi connectivity index (χ1n) is 8.04. The molecule has 3 rings (SSSR count). The summed E-state index contributed by atoms with van der Waals surface area (Å²) in [5, 5.41) is 35.1. The van der Waals surface area contributed by atoms with Crippen molar-refractivity contribution in [1.29, 1.82) is 10.5 Å². The number of carboxylic acid groups (broad SMARTS) is 2. The van der Waals surface area contributed by atoms with Gasteiger partial charge in [0.2, 0.25) is 0 Å². The van der Waals surface area contributed by atoms with Gasteiger partial charge in [-0.05, 0) is 35.4 Å². The molecule has 0 radical (unpaired) electrons. The Hall–Kier alpha value is -4.70. The van der Waals surface area contributed by atoms with E-state index in [0.29, 0.717) is 0 Å². The van der Waals surface area contributed by atoms with Crippen molar-refractivity contribution in [3.05, 3.63) is 58.4 Å². The van der Waals surface area contributed by atoms with Crippen LogP contribution < -0.4 is 0 Å². The number of fused-ring (bicyclic) bond motifs is 3. The van der Waals surface area contributed by atoms with Crippen LogP contribution in [0.3, 0.4) is 0 Å². The Morgan fingerprint density at radius 3 is 1.50 bits per heavy atom. The van der Waals surface area contributed by atoms with Crippen LogP contribution in [0.25, 0.3) is 34.0 Å². The molecule has 1 aromatic carbocycles. The summed E-state index contributed by atoms with van der Waals surface area (Å²) in [6.45, 7) is 0. The molecule has 30 heavy (non-hydrogen) atoms. The van der Waals surface area contributed by atoms with Gasteiger partial charge in [-0.15, -0.1) is 0 Å². The predicted octanol–water partition coefficient (Wildman–Crippen LogP) is 3.04. The lowest BCUT2D eigenvalue weighted by atomic mass is 9.99. The molecule has 2 aromatic heterocycles. The van der Waals surface area contributed by atoms with Gasteiger partial charge < -0.3 is 10.2 Å². The van der Waals surface area contributed by atoms with E-state index in [1.54, 1.807) is 0 Å². The highest BCUT2D eigenvalue weighted by Gasteiger charge is 2.21. The summed E-state index contributed by atoms with van der Waals surface area (Å²) in [5.74, 6) is -5.88. The average molecular weight is 406 g/mol. The van der Waals surface area contributed by atoms with E-state index in [-0.39, 0.29) is 22.2 Å². The number of hydrogen-bond donors (Lipinski definition) is 2. The maximum atomic E-state index is 15.0. The van der Waals surface area contributed by atoms with Crippen LogP contribution in [-0.4, -0.2) is 32.1 Å². The van der Waals surface area contributed by atoms with E-state index in [2.05, 4.69) is 9.97 Å². The second kappa shape index (κ2) is 7.73. The number of carboxylic acids is 2. The van der Waals surface area contributed by atoms with Gasteiger partial charge in [0.05, 0.1) is 0 Å². The van der Waals surface area contributed by atoms with Crippen LogP contribution in [0.5, 0.6) is 0 Å². The number of nitrogens with zero attached hydrogens (tertiary/aromatic N) is 4. The monoisotopic (exact) mass is 406 g/mol. The molecule has 0 aliphatic heterocycles. The molecule has 0 unspecified atom stereocenters. The van der Waals surface area contributed by atoms with Gasteiger partial charge in [0.15, 0.2) is 11.6 Å². The van der Waals surface area contributed by atoms with Gasteiger partial charge in [-0.3, -0.25) is 9.97 Å². The number of carbonyl (C=O) groups is 2. The summed E-state index contributed by atoms with van der Waals surface area (Å²) < 4.78 is 30.0. The molecule has 2 heterocycles. The Labute approximate surface area is 166 Å². The highest BCUT2D eigenvalue weighted by atomic mass is 19.2. The van der Waals surface area contributed by atoms with E-state index in [9.17, 15) is 18.4 Å². The van der Waals surface area contributed by atoms with Gasteiger partial charge in [0.1, 0.15) is 34.3 Å². The number of halogens is 2. The molecule has 0 saturated heterocycles. The molecule has 10 heteroatoms. The fraction of sp³-hybridized carbons (Fsp3) is 0. The third-order valence-electron chi connectivity index (χ3n) is 4.12. The van der Waals surface area contributed by atoms with Crippen LogP contribution in [0, 0.1) is 34.3 Å². The lowest BCUT2D eigenvalue weighted by Crippen LogP contribution is -2.01. The molecule has 0 atom stereocenters. The van der Waals surface area contributed by atoms with Crippen LogP contribution in [-0.2, 0) is 9.59 Å². The Morgan fingerprint density at radius 2 is 1.20 bits per heavy atom. The van der Waals surface area contributed by atoms with Crippen molar-refractivity contribution in [1.82, 2.24) is 9.97 Å². The number of nitriles is 2. The highest BCUT2D eigenvalue weighted by Crippen LogP contribution is 2.33. The molecule has 0 aliphatic rings. The van der Waals surface area contributed by atoms with Crippen molar-refractivity contribution < 1.29 is 28.6 Å². The van der Waals surface area contributed by atoms with Crippen molar-refractivity contribution in [2.45, 2.75) is 0 Å². The van der Waals surface area contributed by atoms with Gasteiger partial charge in [-0.1, -0.05) is 0 Å². The zero-order valence-corrected chi connectivity index (χ0v) is 14.7. The zero-order valence-electron chi connectivity index (χ0n) is 14.7. The largest absolute Gasteiger partial charge is 0.477 e. The summed E-state index contributed by atoms with van der Waals surface area (Å²) in [6.07, 6.45) is 4.15. The second-order valence-electron chi connectivity index (χ2n) is 5.83. The number of aliphatic carboxylic acids is 2. The minimum absolute atomic E-state index is 0.108. The Bertz CT molecular complexity index is 1290. The summed E-state index contributed by atoms with van der Waals surface area (Å²) in [6, 6.07) is 5.31. The minimum atomic E-state index is -1.55. The van der Waals surface area contributed by atoms with Crippen molar-refractivity contribution in [2.24, 2.45) is 0 Å². The van der Waals surface area contributed by atoms with Crippen LogP contribution >= 0.6 is 0 Å². The van der Waals surface area contributed by atoms with Gasteiger partial charge in [0.25, 0.3) is 0 Å². The van der Waals surface area contributed by atoms with Gasteiger partial charge in [-0.25, -0.2) is 18.4 Å². The first kappa shape index (κ1) is 20.0. The summed E-state index contributed by atoms with van der Waals surface area (Å²) in [5.41, 5.74) is -1.89. The van der Waals surface area contributed by atoms with Gasteiger partial charge in [-0.2, -0.15) is 10.5 Å². The molecule has 0 bridgehead atoms. The van der Waals surface area contributed by atoms with Gasteiger partial charge in [0, 0.05) is 23.2 Å². The molecule has 0 amide bonds. The first-order chi connectivity index (χ1) is 14.3. The number of benzene rings is 1. The standard InChI is InChI=1S/C20H8F2N4O4/c21-15-13-9(5-11(7-23)19(27)28)1-3-25-17(13)18-14(16(15)22)10(2-4-26-18)6-12(8-24)20(29)30/h1-6H,(H,27,28)(H,29,30). The molecular formula is C20H8F2N4O4. The average Bonchev–Trinajstić information content (AvgIpc) is 2.73. The number of pyridine rings is 2. The number of aromatic nitrogens is 2. The Kier molecular flexibility index (Phi) is 5.17. The van der Waals surface area contributed by atoms with Crippen molar-refractivity contribution in [3.63, 3.8) is 0 Å². The molecule has 146 valence electrons. The second-order valence-corrected chi connectivity index (χ2v) is 5.83. The van der Waals surface area contributed by atoms with E-state index >= 15 is 0 Å². The lowest BCUT2D eigenvalue weighted by molar-refractivity contribution is -0.133. The topological polar surface area (TPSA) is 148 Å². The quantitative estimate of drug-likeness (QED) is 0.382. The predicted molar refractivity (Wildman–Crippen MR) is 99.4 cm³/mol. The van der Waals surface area contributed by atoms with E-state index in [4.69, 9.17) is 20.7 Å². The first-order valence-corrected chi connectivity index (χ1v) is 8.04. The van der Waals surface area contributed by atoms with Crippen LogP contribution in [0.2, 0.25) is 0 Å². The minimum Gasteiger partial charge on any atom is -0.477 e. The van der Waals surface area contributed by atoms with E-state index in [1.165, 1.54) is 36.7 Å². The van der Waals surface area contributed by atoms with Crippen LogP contribution in [0.1, 0.15) is 11.1 Å². The van der Waals surface area contributed by atoms with Crippen molar-refractivity contribution in [3.8, 4) is 12.1 Å². The molecule has 2 N–H and O–H groups in total. The highest BCUT2D eigenvalue weighted by molar-refractivity contribution is 6.10.